The molecule has 1 aromatic heterocycles. The number of hydrogen-bond acceptors (Lipinski definition) is 4. The lowest BCUT2D eigenvalue weighted by Gasteiger charge is -2.34. The SMILES string of the molecule is CCCN(CCCCCCN(CCC)C1CCc2[nH]ccc2C1)CCc1ccc(S(C)(=O)=O)cc1. The summed E-state index contributed by atoms with van der Waals surface area (Å²) in [5, 5.41) is 0. The van der Waals surface area contributed by atoms with Crippen molar-refractivity contribution in [1.29, 1.82) is 0 Å². The number of unbranched alkanes of at least 4 members (excludes halogenated alkanes) is 3. The summed E-state index contributed by atoms with van der Waals surface area (Å²) in [6.07, 6.45) is 15.6. The first-order valence-corrected chi connectivity index (χ1v) is 15.7. The van der Waals surface area contributed by atoms with Crippen molar-refractivity contribution in [1.82, 2.24) is 14.8 Å². The highest BCUT2D eigenvalue weighted by molar-refractivity contribution is 7.90. The van der Waals surface area contributed by atoms with Gasteiger partial charge in [0.25, 0.3) is 0 Å². The first kappa shape index (κ1) is 27.9. The molecule has 1 aromatic carbocycles. The third-order valence-electron chi connectivity index (χ3n) is 7.42. The Hall–Kier alpha value is -1.63. The third kappa shape index (κ3) is 9.07. The van der Waals surface area contributed by atoms with Crippen molar-refractivity contribution in [3.05, 3.63) is 53.3 Å². The number of sulfone groups is 1. The minimum Gasteiger partial charge on any atom is -0.365 e. The van der Waals surface area contributed by atoms with Crippen LogP contribution in [-0.4, -0.2) is 68.2 Å². The Balaban J connectivity index is 1.34. The largest absolute Gasteiger partial charge is 0.365 e. The Morgan fingerprint density at radius 2 is 1.60 bits per heavy atom. The van der Waals surface area contributed by atoms with E-state index in [-0.39, 0.29) is 0 Å². The molecule has 1 N–H and O–H groups in total. The summed E-state index contributed by atoms with van der Waals surface area (Å²) in [6, 6.07) is 10.4. The molecule has 1 aliphatic rings. The van der Waals surface area contributed by atoms with Gasteiger partial charge in [-0.1, -0.05) is 38.8 Å². The molecule has 0 saturated carbocycles. The molecule has 1 heterocycles. The van der Waals surface area contributed by atoms with E-state index in [1.807, 2.05) is 12.1 Å². The first-order chi connectivity index (χ1) is 16.9. The van der Waals surface area contributed by atoms with E-state index < -0.39 is 9.84 Å². The Bertz CT molecular complexity index is 968. The standard InChI is InChI=1S/C29H47N3O2S/c1-4-19-31(23-17-25-10-13-28(14-11-25)35(3,33)34)21-8-6-7-9-22-32(20-5-2)27-12-15-29-26(24-27)16-18-30-29/h10-11,13-14,16,18,27,30H,4-9,12,15,17,19-24H2,1-3H3. The third-order valence-corrected chi connectivity index (χ3v) is 8.55. The molecule has 0 radical (unpaired) electrons. The zero-order valence-corrected chi connectivity index (χ0v) is 23.1. The maximum absolute atomic E-state index is 11.7. The van der Waals surface area contributed by atoms with Gasteiger partial charge in [-0.3, -0.25) is 0 Å². The maximum atomic E-state index is 11.7. The lowest BCUT2D eigenvalue weighted by atomic mass is 9.92. The lowest BCUT2D eigenvalue weighted by Crippen LogP contribution is -2.40. The highest BCUT2D eigenvalue weighted by atomic mass is 32.2. The molecule has 0 saturated heterocycles. The zero-order chi connectivity index (χ0) is 25.1. The number of H-pyrrole nitrogens is 1. The number of rotatable bonds is 16. The normalized spacial score (nSPS) is 16.2. The molecule has 2 aromatic rings. The Morgan fingerprint density at radius 3 is 2.29 bits per heavy atom. The van der Waals surface area contributed by atoms with Crippen molar-refractivity contribution >= 4 is 9.84 Å². The lowest BCUT2D eigenvalue weighted by molar-refractivity contribution is 0.175. The Labute approximate surface area is 214 Å². The van der Waals surface area contributed by atoms with Crippen LogP contribution >= 0.6 is 0 Å². The molecule has 5 nitrogen and oxygen atoms in total. The summed E-state index contributed by atoms with van der Waals surface area (Å²) in [4.78, 5) is 9.15. The first-order valence-electron chi connectivity index (χ1n) is 13.8. The van der Waals surface area contributed by atoms with Gasteiger partial charge in [-0.2, -0.15) is 0 Å². The van der Waals surface area contributed by atoms with E-state index in [1.54, 1.807) is 12.1 Å². The van der Waals surface area contributed by atoms with E-state index in [0.29, 0.717) is 10.9 Å². The molecular formula is C29H47N3O2S. The van der Waals surface area contributed by atoms with Crippen LogP contribution in [0.5, 0.6) is 0 Å². The number of benzene rings is 1. The summed E-state index contributed by atoms with van der Waals surface area (Å²) >= 11 is 0. The van der Waals surface area contributed by atoms with Crippen LogP contribution in [0.1, 0.15) is 75.6 Å². The topological polar surface area (TPSA) is 56.4 Å². The van der Waals surface area contributed by atoms with Gasteiger partial charge in [-0.05, 0) is 107 Å². The fraction of sp³-hybridized carbons (Fsp3) is 0.655. The number of aromatic nitrogens is 1. The smallest absolute Gasteiger partial charge is 0.175 e. The van der Waals surface area contributed by atoms with Crippen molar-refractivity contribution in [3.8, 4) is 0 Å². The van der Waals surface area contributed by atoms with Crippen LogP contribution < -0.4 is 0 Å². The zero-order valence-electron chi connectivity index (χ0n) is 22.3. The van der Waals surface area contributed by atoms with E-state index in [4.69, 9.17) is 0 Å². The highest BCUT2D eigenvalue weighted by Gasteiger charge is 2.24. The summed E-state index contributed by atoms with van der Waals surface area (Å²) in [7, 11) is -3.12. The van der Waals surface area contributed by atoms with E-state index >= 15 is 0 Å². The van der Waals surface area contributed by atoms with E-state index in [2.05, 4.69) is 40.9 Å². The molecule has 1 unspecified atom stereocenters. The molecule has 0 spiro atoms. The molecule has 196 valence electrons. The predicted octanol–water partition coefficient (Wildman–Crippen LogP) is 5.50. The Morgan fingerprint density at radius 1 is 0.886 bits per heavy atom. The number of fused-ring (bicyclic) bond motifs is 1. The van der Waals surface area contributed by atoms with Crippen LogP contribution in [-0.2, 0) is 29.1 Å². The number of nitrogens with one attached hydrogen (secondary N) is 1. The fourth-order valence-corrected chi connectivity index (χ4v) is 6.08. The highest BCUT2D eigenvalue weighted by Crippen LogP contribution is 2.24. The molecule has 35 heavy (non-hydrogen) atoms. The number of aryl methyl sites for hydroxylation is 1. The van der Waals surface area contributed by atoms with Gasteiger partial charge >= 0.3 is 0 Å². The molecule has 3 rings (SSSR count). The van der Waals surface area contributed by atoms with Gasteiger partial charge in [0.2, 0.25) is 0 Å². The average Bonchev–Trinajstić information content (AvgIpc) is 3.31. The summed E-state index contributed by atoms with van der Waals surface area (Å²) in [6.45, 7) is 10.3. The van der Waals surface area contributed by atoms with Crippen LogP contribution in [0, 0.1) is 0 Å². The van der Waals surface area contributed by atoms with Crippen LogP contribution in [0.15, 0.2) is 41.4 Å². The van der Waals surface area contributed by atoms with E-state index in [0.717, 1.165) is 26.1 Å². The van der Waals surface area contributed by atoms with Gasteiger partial charge in [-0.15, -0.1) is 0 Å². The van der Waals surface area contributed by atoms with Crippen LogP contribution in [0.25, 0.3) is 0 Å². The summed E-state index contributed by atoms with van der Waals surface area (Å²) in [5.41, 5.74) is 4.20. The molecule has 6 heteroatoms. The molecule has 1 atom stereocenters. The molecule has 1 aliphatic carbocycles. The molecule has 0 fully saturated rings. The number of hydrogen-bond donors (Lipinski definition) is 1. The predicted molar refractivity (Wildman–Crippen MR) is 147 cm³/mol. The minimum absolute atomic E-state index is 0.405. The van der Waals surface area contributed by atoms with Gasteiger partial charge in [0, 0.05) is 30.7 Å². The molecule has 0 aliphatic heterocycles. The van der Waals surface area contributed by atoms with Crippen molar-refractivity contribution < 1.29 is 8.42 Å². The monoisotopic (exact) mass is 501 g/mol. The average molecular weight is 502 g/mol. The second-order valence-corrected chi connectivity index (χ2v) is 12.4. The summed E-state index contributed by atoms with van der Waals surface area (Å²) in [5.74, 6) is 0. The number of aromatic amines is 1. The maximum Gasteiger partial charge on any atom is 0.175 e. The quantitative estimate of drug-likeness (QED) is 0.309. The number of nitrogens with zero attached hydrogens (tertiary/aromatic N) is 2. The fourth-order valence-electron chi connectivity index (χ4n) is 5.45. The van der Waals surface area contributed by atoms with Gasteiger partial charge in [0.1, 0.15) is 0 Å². The van der Waals surface area contributed by atoms with Crippen LogP contribution in [0.2, 0.25) is 0 Å². The van der Waals surface area contributed by atoms with Crippen molar-refractivity contribution in [2.45, 2.75) is 89.0 Å². The molecule has 0 amide bonds. The van der Waals surface area contributed by atoms with Crippen molar-refractivity contribution in [2.24, 2.45) is 0 Å². The molecule has 0 bridgehead atoms. The summed E-state index contributed by atoms with van der Waals surface area (Å²) < 4.78 is 23.3. The van der Waals surface area contributed by atoms with E-state index in [1.165, 1.54) is 94.0 Å². The van der Waals surface area contributed by atoms with Gasteiger partial charge < -0.3 is 14.8 Å². The van der Waals surface area contributed by atoms with Gasteiger partial charge in [0.15, 0.2) is 9.84 Å². The van der Waals surface area contributed by atoms with Crippen molar-refractivity contribution in [3.63, 3.8) is 0 Å². The minimum atomic E-state index is -3.12. The van der Waals surface area contributed by atoms with Crippen LogP contribution in [0.3, 0.4) is 0 Å². The van der Waals surface area contributed by atoms with Gasteiger partial charge in [0.05, 0.1) is 4.90 Å². The second-order valence-electron chi connectivity index (χ2n) is 10.3. The molecular weight excluding hydrogens is 454 g/mol. The second kappa shape index (κ2) is 14.2. The Kier molecular flexibility index (Phi) is 11.3. The van der Waals surface area contributed by atoms with Gasteiger partial charge in [-0.25, -0.2) is 8.42 Å². The van der Waals surface area contributed by atoms with Crippen LogP contribution in [0.4, 0.5) is 0 Å². The van der Waals surface area contributed by atoms with Crippen molar-refractivity contribution in [2.75, 3.05) is 39.0 Å². The van der Waals surface area contributed by atoms with E-state index in [9.17, 15) is 8.42 Å².